The molecule has 1 aliphatic rings. The molecule has 1 saturated carbocycles. The Kier molecular flexibility index (Phi) is 2.98. The summed E-state index contributed by atoms with van der Waals surface area (Å²) in [6, 6.07) is 7.58. The van der Waals surface area contributed by atoms with Crippen molar-refractivity contribution in [2.24, 2.45) is 5.73 Å². The van der Waals surface area contributed by atoms with E-state index < -0.39 is 0 Å². The number of aromatic nitrogens is 2. The first-order valence-corrected chi connectivity index (χ1v) is 6.44. The second kappa shape index (κ2) is 4.66. The molecule has 1 aromatic heterocycles. The number of methoxy groups -OCH3 is 1. The van der Waals surface area contributed by atoms with E-state index in [-0.39, 0.29) is 5.54 Å². The third-order valence-electron chi connectivity index (χ3n) is 3.67. The SMILES string of the molecule is COc1ccc(-c2noc(CC3(N)CCC3)n2)cc1. The lowest BCUT2D eigenvalue weighted by atomic mass is 9.75. The normalized spacial score (nSPS) is 16.9. The van der Waals surface area contributed by atoms with Crippen LogP contribution in [0.5, 0.6) is 5.75 Å². The Balaban J connectivity index is 1.76. The van der Waals surface area contributed by atoms with Gasteiger partial charge in [0, 0.05) is 17.5 Å². The molecule has 0 unspecified atom stereocenters. The molecule has 2 aromatic rings. The van der Waals surface area contributed by atoms with Gasteiger partial charge >= 0.3 is 0 Å². The van der Waals surface area contributed by atoms with Gasteiger partial charge in [0.15, 0.2) is 0 Å². The zero-order chi connectivity index (χ0) is 13.3. The van der Waals surface area contributed by atoms with Crippen LogP contribution >= 0.6 is 0 Å². The van der Waals surface area contributed by atoms with Gasteiger partial charge in [0.1, 0.15) is 5.75 Å². The van der Waals surface area contributed by atoms with Crippen molar-refractivity contribution in [3.63, 3.8) is 0 Å². The molecule has 0 atom stereocenters. The van der Waals surface area contributed by atoms with Crippen LogP contribution in [0, 0.1) is 0 Å². The largest absolute Gasteiger partial charge is 0.497 e. The lowest BCUT2D eigenvalue weighted by Gasteiger charge is -2.36. The molecule has 5 nitrogen and oxygen atoms in total. The highest BCUT2D eigenvalue weighted by molar-refractivity contribution is 5.55. The third kappa shape index (κ3) is 2.46. The Labute approximate surface area is 111 Å². The van der Waals surface area contributed by atoms with Crippen LogP contribution in [-0.4, -0.2) is 22.8 Å². The van der Waals surface area contributed by atoms with Crippen molar-refractivity contribution in [3.05, 3.63) is 30.2 Å². The average molecular weight is 259 g/mol. The summed E-state index contributed by atoms with van der Waals surface area (Å²) in [5.74, 6) is 2.02. The number of rotatable bonds is 4. The highest BCUT2D eigenvalue weighted by atomic mass is 16.5. The summed E-state index contributed by atoms with van der Waals surface area (Å²) in [7, 11) is 1.64. The predicted molar refractivity (Wildman–Crippen MR) is 70.8 cm³/mol. The first-order valence-electron chi connectivity index (χ1n) is 6.44. The quantitative estimate of drug-likeness (QED) is 0.910. The Hall–Kier alpha value is -1.88. The van der Waals surface area contributed by atoms with Gasteiger partial charge in [-0.15, -0.1) is 0 Å². The summed E-state index contributed by atoms with van der Waals surface area (Å²) in [4.78, 5) is 4.40. The maximum atomic E-state index is 6.18. The minimum atomic E-state index is -0.135. The van der Waals surface area contributed by atoms with Crippen LogP contribution in [0.4, 0.5) is 0 Å². The molecular formula is C14H17N3O2. The van der Waals surface area contributed by atoms with Crippen molar-refractivity contribution >= 4 is 0 Å². The summed E-state index contributed by atoms with van der Waals surface area (Å²) < 4.78 is 10.4. The molecule has 0 spiro atoms. The number of nitrogens with zero attached hydrogens (tertiary/aromatic N) is 2. The summed E-state index contributed by atoms with van der Waals surface area (Å²) >= 11 is 0. The van der Waals surface area contributed by atoms with Crippen LogP contribution < -0.4 is 10.5 Å². The smallest absolute Gasteiger partial charge is 0.228 e. The van der Waals surface area contributed by atoms with Gasteiger partial charge in [-0.3, -0.25) is 0 Å². The number of nitrogens with two attached hydrogens (primary N) is 1. The standard InChI is InChI=1S/C14H17N3O2/c1-18-11-5-3-10(4-6-11)13-16-12(19-17-13)9-14(15)7-2-8-14/h3-6H,2,7-9,15H2,1H3. The van der Waals surface area contributed by atoms with Crippen molar-refractivity contribution in [1.29, 1.82) is 0 Å². The molecule has 19 heavy (non-hydrogen) atoms. The van der Waals surface area contributed by atoms with Gasteiger partial charge in [0.25, 0.3) is 0 Å². The topological polar surface area (TPSA) is 74.2 Å². The fourth-order valence-electron chi connectivity index (χ4n) is 2.29. The first kappa shape index (κ1) is 12.2. The number of hydrogen-bond donors (Lipinski definition) is 1. The summed E-state index contributed by atoms with van der Waals surface area (Å²) in [5, 5.41) is 4.00. The van der Waals surface area contributed by atoms with Crippen LogP contribution in [0.2, 0.25) is 0 Å². The summed E-state index contributed by atoms with van der Waals surface area (Å²) in [6.07, 6.45) is 3.92. The molecule has 0 amide bonds. The average Bonchev–Trinajstić information content (AvgIpc) is 2.85. The zero-order valence-electron chi connectivity index (χ0n) is 10.9. The Morgan fingerprint density at radius 2 is 2.05 bits per heavy atom. The molecule has 1 aliphatic carbocycles. The van der Waals surface area contributed by atoms with E-state index in [4.69, 9.17) is 15.0 Å². The van der Waals surface area contributed by atoms with Crippen molar-refractivity contribution in [1.82, 2.24) is 10.1 Å². The van der Waals surface area contributed by atoms with E-state index in [1.807, 2.05) is 24.3 Å². The van der Waals surface area contributed by atoms with Gasteiger partial charge < -0.3 is 15.0 Å². The number of ether oxygens (including phenoxy) is 1. The van der Waals surface area contributed by atoms with Crippen molar-refractivity contribution in [2.75, 3.05) is 7.11 Å². The molecule has 5 heteroatoms. The lowest BCUT2D eigenvalue weighted by Crippen LogP contribution is -2.48. The van der Waals surface area contributed by atoms with Crippen LogP contribution in [0.3, 0.4) is 0 Å². The molecule has 0 bridgehead atoms. The fourth-order valence-corrected chi connectivity index (χ4v) is 2.29. The molecule has 0 radical (unpaired) electrons. The van der Waals surface area contributed by atoms with Gasteiger partial charge in [-0.05, 0) is 43.5 Å². The van der Waals surface area contributed by atoms with Crippen LogP contribution in [0.15, 0.2) is 28.8 Å². The van der Waals surface area contributed by atoms with E-state index in [2.05, 4.69) is 10.1 Å². The van der Waals surface area contributed by atoms with E-state index in [0.717, 1.165) is 24.2 Å². The molecule has 1 aromatic carbocycles. The van der Waals surface area contributed by atoms with Crippen LogP contribution in [-0.2, 0) is 6.42 Å². The number of hydrogen-bond acceptors (Lipinski definition) is 5. The van der Waals surface area contributed by atoms with E-state index in [0.29, 0.717) is 18.1 Å². The molecule has 0 saturated heterocycles. The van der Waals surface area contributed by atoms with Gasteiger partial charge in [-0.2, -0.15) is 4.98 Å². The second-order valence-electron chi connectivity index (χ2n) is 5.13. The van der Waals surface area contributed by atoms with E-state index in [1.54, 1.807) is 7.11 Å². The second-order valence-corrected chi connectivity index (χ2v) is 5.13. The maximum absolute atomic E-state index is 6.18. The Morgan fingerprint density at radius 1 is 1.32 bits per heavy atom. The molecule has 100 valence electrons. The van der Waals surface area contributed by atoms with Gasteiger partial charge in [0.2, 0.25) is 11.7 Å². The molecule has 1 heterocycles. The highest BCUT2D eigenvalue weighted by Crippen LogP contribution is 2.32. The number of benzene rings is 1. The van der Waals surface area contributed by atoms with Crippen molar-refractivity contribution in [2.45, 2.75) is 31.2 Å². The first-order chi connectivity index (χ1) is 9.18. The fraction of sp³-hybridized carbons (Fsp3) is 0.429. The highest BCUT2D eigenvalue weighted by Gasteiger charge is 2.34. The maximum Gasteiger partial charge on any atom is 0.228 e. The molecular weight excluding hydrogens is 242 g/mol. The van der Waals surface area contributed by atoms with E-state index in [1.165, 1.54) is 6.42 Å². The van der Waals surface area contributed by atoms with Crippen LogP contribution in [0.1, 0.15) is 25.2 Å². The van der Waals surface area contributed by atoms with E-state index >= 15 is 0 Å². The van der Waals surface area contributed by atoms with Crippen molar-refractivity contribution in [3.8, 4) is 17.1 Å². The zero-order valence-corrected chi connectivity index (χ0v) is 10.9. The van der Waals surface area contributed by atoms with Crippen molar-refractivity contribution < 1.29 is 9.26 Å². The van der Waals surface area contributed by atoms with Crippen LogP contribution in [0.25, 0.3) is 11.4 Å². The molecule has 1 fully saturated rings. The van der Waals surface area contributed by atoms with Gasteiger partial charge in [-0.25, -0.2) is 0 Å². The minimum absolute atomic E-state index is 0.135. The summed E-state index contributed by atoms with van der Waals surface area (Å²) in [5.41, 5.74) is 6.95. The molecule has 2 N–H and O–H groups in total. The lowest BCUT2D eigenvalue weighted by molar-refractivity contribution is 0.222. The van der Waals surface area contributed by atoms with E-state index in [9.17, 15) is 0 Å². The minimum Gasteiger partial charge on any atom is -0.497 e. The molecule has 3 rings (SSSR count). The molecule has 0 aliphatic heterocycles. The monoisotopic (exact) mass is 259 g/mol. The Bertz CT molecular complexity index is 558. The van der Waals surface area contributed by atoms with Gasteiger partial charge in [0.05, 0.1) is 7.11 Å². The summed E-state index contributed by atoms with van der Waals surface area (Å²) in [6.45, 7) is 0. The predicted octanol–water partition coefficient (Wildman–Crippen LogP) is 2.17. The third-order valence-corrected chi connectivity index (χ3v) is 3.67. The van der Waals surface area contributed by atoms with Gasteiger partial charge in [-0.1, -0.05) is 5.16 Å². The Morgan fingerprint density at radius 3 is 2.63 bits per heavy atom.